The minimum atomic E-state index is 0.215. The first-order valence-corrected chi connectivity index (χ1v) is 7.00. The molecule has 0 saturated heterocycles. The van der Waals surface area contributed by atoms with Gasteiger partial charge in [-0.3, -0.25) is 0 Å². The standard InChI is InChI=1S/C15H21Cl/c1-2-3-8-15(16)14-10-9-12-6-4-5-7-13(12)11-14/h9-11,15H,2-8H2,1H3. The van der Waals surface area contributed by atoms with Crippen molar-refractivity contribution >= 4 is 11.6 Å². The highest BCUT2D eigenvalue weighted by Gasteiger charge is 2.13. The van der Waals surface area contributed by atoms with Gasteiger partial charge in [0.15, 0.2) is 0 Å². The van der Waals surface area contributed by atoms with Gasteiger partial charge < -0.3 is 0 Å². The first kappa shape index (κ1) is 12.0. The Bertz CT molecular complexity index is 343. The Kier molecular flexibility index (Phi) is 4.29. The predicted molar refractivity (Wildman–Crippen MR) is 71.2 cm³/mol. The number of hydrogen-bond acceptors (Lipinski definition) is 0. The summed E-state index contributed by atoms with van der Waals surface area (Å²) in [7, 11) is 0. The normalized spacial score (nSPS) is 16.9. The summed E-state index contributed by atoms with van der Waals surface area (Å²) in [4.78, 5) is 0. The fourth-order valence-electron chi connectivity index (χ4n) is 2.50. The molecule has 1 aliphatic rings. The highest BCUT2D eigenvalue weighted by Crippen LogP contribution is 2.30. The molecule has 0 fully saturated rings. The Hall–Kier alpha value is -0.490. The Labute approximate surface area is 104 Å². The van der Waals surface area contributed by atoms with Gasteiger partial charge in [0.1, 0.15) is 0 Å². The molecule has 1 aromatic rings. The van der Waals surface area contributed by atoms with Crippen molar-refractivity contribution in [3.05, 3.63) is 34.9 Å². The zero-order chi connectivity index (χ0) is 11.4. The molecule has 0 amide bonds. The highest BCUT2D eigenvalue weighted by atomic mass is 35.5. The van der Waals surface area contributed by atoms with Gasteiger partial charge in [-0.05, 0) is 48.8 Å². The Morgan fingerprint density at radius 3 is 2.69 bits per heavy atom. The van der Waals surface area contributed by atoms with Gasteiger partial charge in [-0.25, -0.2) is 0 Å². The molecule has 0 bridgehead atoms. The van der Waals surface area contributed by atoms with Gasteiger partial charge in [-0.1, -0.05) is 38.0 Å². The zero-order valence-electron chi connectivity index (χ0n) is 10.1. The number of hydrogen-bond donors (Lipinski definition) is 0. The predicted octanol–water partition coefficient (Wildman–Crippen LogP) is 5.04. The van der Waals surface area contributed by atoms with E-state index >= 15 is 0 Å². The second kappa shape index (κ2) is 5.72. The highest BCUT2D eigenvalue weighted by molar-refractivity contribution is 6.20. The number of unbranched alkanes of at least 4 members (excludes halogenated alkanes) is 1. The molecule has 1 heteroatoms. The van der Waals surface area contributed by atoms with E-state index in [1.54, 1.807) is 11.1 Å². The lowest BCUT2D eigenvalue weighted by molar-refractivity contribution is 0.676. The molecule has 0 nitrogen and oxygen atoms in total. The van der Waals surface area contributed by atoms with E-state index in [2.05, 4.69) is 25.1 Å². The van der Waals surface area contributed by atoms with Gasteiger partial charge in [0.2, 0.25) is 0 Å². The molecule has 0 spiro atoms. The molecule has 1 unspecified atom stereocenters. The van der Waals surface area contributed by atoms with Crippen LogP contribution < -0.4 is 0 Å². The number of benzene rings is 1. The fourth-order valence-corrected chi connectivity index (χ4v) is 2.79. The number of halogens is 1. The monoisotopic (exact) mass is 236 g/mol. The number of fused-ring (bicyclic) bond motifs is 1. The van der Waals surface area contributed by atoms with Gasteiger partial charge in [-0.15, -0.1) is 11.6 Å². The third kappa shape index (κ3) is 2.79. The van der Waals surface area contributed by atoms with Crippen LogP contribution in [-0.2, 0) is 12.8 Å². The number of alkyl halides is 1. The fraction of sp³-hybridized carbons (Fsp3) is 0.600. The number of rotatable bonds is 4. The molecule has 1 aliphatic carbocycles. The van der Waals surface area contributed by atoms with Crippen molar-refractivity contribution in [3.63, 3.8) is 0 Å². The molecule has 0 aromatic heterocycles. The van der Waals surface area contributed by atoms with Crippen molar-refractivity contribution < 1.29 is 0 Å². The molecule has 16 heavy (non-hydrogen) atoms. The summed E-state index contributed by atoms with van der Waals surface area (Å²) >= 11 is 6.43. The maximum Gasteiger partial charge on any atom is 0.0585 e. The van der Waals surface area contributed by atoms with E-state index in [1.807, 2.05) is 0 Å². The van der Waals surface area contributed by atoms with E-state index < -0.39 is 0 Å². The Balaban J connectivity index is 2.10. The van der Waals surface area contributed by atoms with Crippen LogP contribution in [0, 0.1) is 0 Å². The van der Waals surface area contributed by atoms with E-state index in [1.165, 1.54) is 44.1 Å². The topological polar surface area (TPSA) is 0 Å². The van der Waals surface area contributed by atoms with Crippen LogP contribution in [0.25, 0.3) is 0 Å². The third-order valence-corrected chi connectivity index (χ3v) is 4.02. The van der Waals surface area contributed by atoms with E-state index in [0.717, 1.165) is 6.42 Å². The SMILES string of the molecule is CCCCC(Cl)c1ccc2c(c1)CCCC2. The zero-order valence-corrected chi connectivity index (χ0v) is 10.9. The Morgan fingerprint density at radius 2 is 1.94 bits per heavy atom. The Morgan fingerprint density at radius 1 is 1.19 bits per heavy atom. The van der Waals surface area contributed by atoms with Crippen molar-refractivity contribution in [2.45, 2.75) is 57.2 Å². The van der Waals surface area contributed by atoms with Crippen molar-refractivity contribution in [1.29, 1.82) is 0 Å². The molecule has 0 saturated carbocycles. The molecule has 1 aromatic carbocycles. The van der Waals surface area contributed by atoms with Crippen LogP contribution in [0.4, 0.5) is 0 Å². The molecule has 0 N–H and O–H groups in total. The molecule has 88 valence electrons. The van der Waals surface area contributed by atoms with Crippen LogP contribution >= 0.6 is 11.6 Å². The smallest absolute Gasteiger partial charge is 0.0585 e. The molecular weight excluding hydrogens is 216 g/mol. The minimum absolute atomic E-state index is 0.215. The summed E-state index contributed by atoms with van der Waals surface area (Å²) < 4.78 is 0. The van der Waals surface area contributed by atoms with Crippen LogP contribution in [0.2, 0.25) is 0 Å². The van der Waals surface area contributed by atoms with Crippen LogP contribution in [-0.4, -0.2) is 0 Å². The van der Waals surface area contributed by atoms with Gasteiger partial charge in [0, 0.05) is 0 Å². The molecule has 0 radical (unpaired) electrons. The second-order valence-corrected chi connectivity index (χ2v) is 5.37. The van der Waals surface area contributed by atoms with Crippen molar-refractivity contribution in [1.82, 2.24) is 0 Å². The van der Waals surface area contributed by atoms with Crippen LogP contribution in [0.5, 0.6) is 0 Å². The molecular formula is C15H21Cl. The summed E-state index contributed by atoms with van der Waals surface area (Å²) in [5, 5.41) is 0.215. The largest absolute Gasteiger partial charge is 0.118 e. The van der Waals surface area contributed by atoms with Crippen molar-refractivity contribution in [3.8, 4) is 0 Å². The number of aryl methyl sites for hydroxylation is 2. The lowest BCUT2D eigenvalue weighted by Crippen LogP contribution is -2.03. The van der Waals surface area contributed by atoms with Crippen LogP contribution in [0.15, 0.2) is 18.2 Å². The van der Waals surface area contributed by atoms with E-state index in [0.29, 0.717) is 0 Å². The van der Waals surface area contributed by atoms with Crippen LogP contribution in [0.3, 0.4) is 0 Å². The van der Waals surface area contributed by atoms with Gasteiger partial charge in [0.25, 0.3) is 0 Å². The lowest BCUT2D eigenvalue weighted by Gasteiger charge is -2.18. The van der Waals surface area contributed by atoms with Crippen LogP contribution in [0.1, 0.15) is 61.1 Å². The first-order chi connectivity index (χ1) is 7.81. The van der Waals surface area contributed by atoms with E-state index in [4.69, 9.17) is 11.6 Å². The summed E-state index contributed by atoms with van der Waals surface area (Å²) in [5.41, 5.74) is 4.43. The van der Waals surface area contributed by atoms with E-state index in [9.17, 15) is 0 Å². The summed E-state index contributed by atoms with van der Waals surface area (Å²) in [6, 6.07) is 6.88. The quantitative estimate of drug-likeness (QED) is 0.643. The summed E-state index contributed by atoms with van der Waals surface area (Å²) in [6.07, 6.45) is 8.78. The van der Waals surface area contributed by atoms with Crippen molar-refractivity contribution in [2.75, 3.05) is 0 Å². The van der Waals surface area contributed by atoms with E-state index in [-0.39, 0.29) is 5.38 Å². The van der Waals surface area contributed by atoms with Gasteiger partial charge >= 0.3 is 0 Å². The molecule has 0 aliphatic heterocycles. The second-order valence-electron chi connectivity index (χ2n) is 4.85. The third-order valence-electron chi connectivity index (χ3n) is 3.55. The lowest BCUT2D eigenvalue weighted by atomic mass is 9.89. The first-order valence-electron chi connectivity index (χ1n) is 6.57. The molecule has 0 heterocycles. The van der Waals surface area contributed by atoms with Gasteiger partial charge in [0.05, 0.1) is 5.38 Å². The van der Waals surface area contributed by atoms with Gasteiger partial charge in [-0.2, -0.15) is 0 Å². The maximum atomic E-state index is 6.43. The molecule has 2 rings (SSSR count). The molecule has 1 atom stereocenters. The average Bonchev–Trinajstić information content (AvgIpc) is 2.35. The summed E-state index contributed by atoms with van der Waals surface area (Å²) in [5.74, 6) is 0. The minimum Gasteiger partial charge on any atom is -0.118 e. The maximum absolute atomic E-state index is 6.43. The van der Waals surface area contributed by atoms with Crippen molar-refractivity contribution in [2.24, 2.45) is 0 Å². The average molecular weight is 237 g/mol. The summed E-state index contributed by atoms with van der Waals surface area (Å²) in [6.45, 7) is 2.22.